The molecule has 2 aromatic carbocycles. The molecule has 0 aliphatic heterocycles. The van der Waals surface area contributed by atoms with Crippen LogP contribution in [-0.4, -0.2) is 40.3 Å². The summed E-state index contributed by atoms with van der Waals surface area (Å²) in [5, 5.41) is 6.34. The van der Waals surface area contributed by atoms with Crippen LogP contribution in [0.15, 0.2) is 48.8 Å². The number of carbonyl (C=O) groups excluding carboxylic acids is 1. The predicted octanol–water partition coefficient (Wildman–Crippen LogP) is 3.49. The van der Waals surface area contributed by atoms with Crippen molar-refractivity contribution in [2.45, 2.75) is 13.8 Å². The molecule has 3 aromatic rings. The molecule has 0 saturated heterocycles. The van der Waals surface area contributed by atoms with E-state index in [2.05, 4.69) is 11.2 Å². The number of amides is 1. The molecule has 0 saturated carbocycles. The number of ether oxygens (including phenoxy) is 1. The maximum atomic E-state index is 12.2. The zero-order valence-electron chi connectivity index (χ0n) is 14.9. The average Bonchev–Trinajstić information content (AvgIpc) is 3.06. The van der Waals surface area contributed by atoms with Gasteiger partial charge < -0.3 is 9.64 Å². The summed E-state index contributed by atoms with van der Waals surface area (Å²) in [5.74, 6) is 0.731. The summed E-state index contributed by atoms with van der Waals surface area (Å²) < 4.78 is 7.64. The number of hydrogen-bond acceptors (Lipinski definition) is 3. The van der Waals surface area contributed by atoms with Gasteiger partial charge in [0.05, 0.1) is 6.20 Å². The van der Waals surface area contributed by atoms with Crippen molar-refractivity contribution in [1.29, 1.82) is 0 Å². The largest absolute Gasteiger partial charge is 0.483 e. The molecule has 0 unspecified atom stereocenters. The van der Waals surface area contributed by atoms with Crippen molar-refractivity contribution in [3.63, 3.8) is 0 Å². The Labute approximate surface area is 147 Å². The minimum atomic E-state index is 0.00502. The quantitative estimate of drug-likeness (QED) is 0.692. The monoisotopic (exact) mass is 337 g/mol. The Bertz CT molecular complexity index is 882. The number of aromatic nitrogens is 2. The van der Waals surface area contributed by atoms with Gasteiger partial charge in [0.25, 0.3) is 5.91 Å². The van der Waals surface area contributed by atoms with E-state index in [1.807, 2.05) is 63.6 Å². The van der Waals surface area contributed by atoms with Gasteiger partial charge in [-0.3, -0.25) is 9.48 Å². The van der Waals surface area contributed by atoms with Gasteiger partial charge in [-0.05, 0) is 36.9 Å². The van der Waals surface area contributed by atoms with Crippen LogP contribution in [-0.2, 0) is 11.8 Å². The van der Waals surface area contributed by atoms with E-state index in [1.165, 1.54) is 0 Å². The zero-order valence-corrected chi connectivity index (χ0v) is 14.9. The molecule has 5 nitrogen and oxygen atoms in total. The number of nitrogens with zero attached hydrogens (tertiary/aromatic N) is 3. The molecule has 0 bridgehead atoms. The first-order chi connectivity index (χ1) is 12.1. The van der Waals surface area contributed by atoms with E-state index >= 15 is 0 Å². The van der Waals surface area contributed by atoms with E-state index in [1.54, 1.807) is 9.58 Å². The standard InChI is InChI=1S/C20H23N3O2/c1-4-23(5-2)20(24)14-25-19-11-10-16(15-12-21-22(3)13-15)17-8-6-7-9-18(17)19/h6-13H,4-5,14H2,1-3H3. The SMILES string of the molecule is CCN(CC)C(=O)COc1ccc(-c2cnn(C)c2)c2ccccc12. The molecule has 25 heavy (non-hydrogen) atoms. The Kier molecular flexibility index (Phi) is 5.03. The zero-order chi connectivity index (χ0) is 17.8. The molecule has 0 atom stereocenters. The lowest BCUT2D eigenvalue weighted by atomic mass is 10.00. The van der Waals surface area contributed by atoms with Crippen LogP contribution in [0.2, 0.25) is 0 Å². The van der Waals surface area contributed by atoms with Gasteiger partial charge in [0.1, 0.15) is 5.75 Å². The van der Waals surface area contributed by atoms with Gasteiger partial charge in [-0.15, -0.1) is 0 Å². The van der Waals surface area contributed by atoms with E-state index < -0.39 is 0 Å². The lowest BCUT2D eigenvalue weighted by Gasteiger charge is -2.19. The van der Waals surface area contributed by atoms with Crippen LogP contribution >= 0.6 is 0 Å². The van der Waals surface area contributed by atoms with E-state index in [0.717, 1.165) is 27.6 Å². The molecule has 0 N–H and O–H groups in total. The van der Waals surface area contributed by atoms with Gasteiger partial charge in [-0.25, -0.2) is 0 Å². The predicted molar refractivity (Wildman–Crippen MR) is 99.6 cm³/mol. The molecule has 0 spiro atoms. The fourth-order valence-electron chi connectivity index (χ4n) is 3.02. The molecule has 0 fully saturated rings. The number of likely N-dealkylation sites (N-methyl/N-ethyl adjacent to an activating group) is 1. The number of benzene rings is 2. The lowest BCUT2D eigenvalue weighted by molar-refractivity contribution is -0.132. The van der Waals surface area contributed by atoms with Gasteiger partial charge in [-0.1, -0.05) is 24.3 Å². The Balaban J connectivity index is 1.92. The first-order valence-electron chi connectivity index (χ1n) is 8.55. The van der Waals surface area contributed by atoms with Crippen molar-refractivity contribution in [2.24, 2.45) is 7.05 Å². The van der Waals surface area contributed by atoms with Crippen molar-refractivity contribution in [1.82, 2.24) is 14.7 Å². The van der Waals surface area contributed by atoms with Gasteiger partial charge in [0.2, 0.25) is 0 Å². The van der Waals surface area contributed by atoms with Gasteiger partial charge in [0, 0.05) is 37.3 Å². The highest BCUT2D eigenvalue weighted by molar-refractivity contribution is 6.00. The molecule has 0 aliphatic carbocycles. The Morgan fingerprint density at radius 3 is 2.48 bits per heavy atom. The van der Waals surface area contributed by atoms with E-state index in [0.29, 0.717) is 13.1 Å². The summed E-state index contributed by atoms with van der Waals surface area (Å²) in [5.41, 5.74) is 2.16. The lowest BCUT2D eigenvalue weighted by Crippen LogP contribution is -2.34. The minimum absolute atomic E-state index is 0.00502. The molecular weight excluding hydrogens is 314 g/mol. The molecule has 3 rings (SSSR count). The van der Waals surface area contributed by atoms with Crippen LogP contribution in [0.1, 0.15) is 13.8 Å². The third kappa shape index (κ3) is 3.50. The highest BCUT2D eigenvalue weighted by Gasteiger charge is 2.13. The summed E-state index contributed by atoms with van der Waals surface area (Å²) in [4.78, 5) is 14.0. The summed E-state index contributed by atoms with van der Waals surface area (Å²) in [6, 6.07) is 12.0. The molecule has 130 valence electrons. The topological polar surface area (TPSA) is 47.4 Å². The summed E-state index contributed by atoms with van der Waals surface area (Å²) in [6.07, 6.45) is 3.85. The van der Waals surface area contributed by atoms with Gasteiger partial charge in [-0.2, -0.15) is 5.10 Å². The molecule has 1 amide bonds. The van der Waals surface area contributed by atoms with Crippen molar-refractivity contribution in [2.75, 3.05) is 19.7 Å². The molecule has 5 heteroatoms. The summed E-state index contributed by atoms with van der Waals surface area (Å²) in [7, 11) is 1.90. The van der Waals surface area contributed by atoms with Crippen LogP contribution in [0, 0.1) is 0 Å². The summed E-state index contributed by atoms with van der Waals surface area (Å²) >= 11 is 0. The van der Waals surface area contributed by atoms with E-state index in [4.69, 9.17) is 4.74 Å². The highest BCUT2D eigenvalue weighted by Crippen LogP contribution is 2.34. The normalized spacial score (nSPS) is 10.8. The number of fused-ring (bicyclic) bond motifs is 1. The maximum Gasteiger partial charge on any atom is 0.260 e. The second-order valence-corrected chi connectivity index (χ2v) is 5.91. The Hall–Kier alpha value is -2.82. The van der Waals surface area contributed by atoms with Crippen molar-refractivity contribution in [3.8, 4) is 16.9 Å². The number of carbonyl (C=O) groups is 1. The molecule has 1 heterocycles. The molecule has 1 aromatic heterocycles. The smallest absolute Gasteiger partial charge is 0.260 e. The molecular formula is C20H23N3O2. The van der Waals surface area contributed by atoms with Gasteiger partial charge in [0.15, 0.2) is 6.61 Å². The first kappa shape index (κ1) is 17.0. The van der Waals surface area contributed by atoms with Crippen LogP contribution in [0.3, 0.4) is 0 Å². The second kappa shape index (κ2) is 7.38. The van der Waals surface area contributed by atoms with Crippen LogP contribution in [0.25, 0.3) is 21.9 Å². The second-order valence-electron chi connectivity index (χ2n) is 5.91. The third-order valence-electron chi connectivity index (χ3n) is 4.37. The first-order valence-corrected chi connectivity index (χ1v) is 8.55. The third-order valence-corrected chi connectivity index (χ3v) is 4.37. The van der Waals surface area contributed by atoms with E-state index in [9.17, 15) is 4.79 Å². The van der Waals surface area contributed by atoms with Crippen LogP contribution in [0.4, 0.5) is 0 Å². The number of hydrogen-bond donors (Lipinski definition) is 0. The van der Waals surface area contributed by atoms with Crippen molar-refractivity contribution >= 4 is 16.7 Å². The highest BCUT2D eigenvalue weighted by atomic mass is 16.5. The van der Waals surface area contributed by atoms with Crippen LogP contribution < -0.4 is 4.74 Å². The number of aryl methyl sites for hydroxylation is 1. The minimum Gasteiger partial charge on any atom is -0.483 e. The fraction of sp³-hybridized carbons (Fsp3) is 0.300. The fourth-order valence-corrected chi connectivity index (χ4v) is 3.02. The average molecular weight is 337 g/mol. The Morgan fingerprint density at radius 2 is 1.84 bits per heavy atom. The maximum absolute atomic E-state index is 12.2. The van der Waals surface area contributed by atoms with E-state index in [-0.39, 0.29) is 12.5 Å². The molecule has 0 radical (unpaired) electrons. The van der Waals surface area contributed by atoms with Crippen molar-refractivity contribution in [3.05, 3.63) is 48.8 Å². The Morgan fingerprint density at radius 1 is 1.12 bits per heavy atom. The van der Waals surface area contributed by atoms with Crippen molar-refractivity contribution < 1.29 is 9.53 Å². The van der Waals surface area contributed by atoms with Gasteiger partial charge >= 0.3 is 0 Å². The molecule has 0 aliphatic rings. The number of rotatable bonds is 6. The van der Waals surface area contributed by atoms with Crippen LogP contribution in [0.5, 0.6) is 5.75 Å². The summed E-state index contributed by atoms with van der Waals surface area (Å²) in [6.45, 7) is 5.38.